The number of thioether (sulfide) groups is 1. The van der Waals surface area contributed by atoms with Crippen LogP contribution in [0.4, 0.5) is 0 Å². The van der Waals surface area contributed by atoms with Gasteiger partial charge in [-0.05, 0) is 47.5 Å². The number of nitrogens with one attached hydrogen (secondary N) is 1. The lowest BCUT2D eigenvalue weighted by Gasteiger charge is -2.15. The number of rotatable bonds is 5. The monoisotopic (exact) mass is 365 g/mol. The first-order valence-electron chi connectivity index (χ1n) is 8.49. The molecule has 4 nitrogen and oxygen atoms in total. The van der Waals surface area contributed by atoms with E-state index < -0.39 is 0 Å². The van der Waals surface area contributed by atoms with Gasteiger partial charge in [-0.2, -0.15) is 0 Å². The van der Waals surface area contributed by atoms with E-state index in [9.17, 15) is 4.79 Å². The second-order valence-corrected chi connectivity index (χ2v) is 7.25. The van der Waals surface area contributed by atoms with Gasteiger partial charge in [0.15, 0.2) is 11.5 Å². The molecule has 26 heavy (non-hydrogen) atoms. The summed E-state index contributed by atoms with van der Waals surface area (Å²) in [5.74, 6) is 1.87. The van der Waals surface area contributed by atoms with Crippen LogP contribution in [0.3, 0.4) is 0 Å². The van der Waals surface area contributed by atoms with Crippen molar-refractivity contribution in [1.82, 2.24) is 5.32 Å². The van der Waals surface area contributed by atoms with Crippen molar-refractivity contribution in [3.8, 4) is 11.5 Å². The largest absolute Gasteiger partial charge is 0.454 e. The van der Waals surface area contributed by atoms with E-state index in [-0.39, 0.29) is 18.7 Å². The highest BCUT2D eigenvalue weighted by atomic mass is 32.2. The standard InChI is InChI=1S/C21H19NO3S/c1-14(16-7-9-19-20(11-16)25-13-24-19)22-21(23)12-26-18-8-6-15-4-2-3-5-17(15)10-18/h2-11,14H,12-13H2,1H3,(H,22,23)/t14-/m1/s1. The summed E-state index contributed by atoms with van der Waals surface area (Å²) in [6.07, 6.45) is 0. The second kappa shape index (κ2) is 7.30. The number of benzene rings is 3. The molecule has 1 aliphatic heterocycles. The third kappa shape index (κ3) is 3.63. The van der Waals surface area contributed by atoms with Gasteiger partial charge in [-0.3, -0.25) is 4.79 Å². The van der Waals surface area contributed by atoms with Gasteiger partial charge in [-0.1, -0.05) is 36.4 Å². The number of carbonyl (C=O) groups excluding carboxylic acids is 1. The normalized spacial score (nSPS) is 13.6. The molecule has 0 aliphatic carbocycles. The van der Waals surface area contributed by atoms with Crippen molar-refractivity contribution >= 4 is 28.4 Å². The predicted molar refractivity (Wildman–Crippen MR) is 104 cm³/mol. The Morgan fingerprint density at radius 3 is 2.73 bits per heavy atom. The fourth-order valence-electron chi connectivity index (χ4n) is 2.96. The highest BCUT2D eigenvalue weighted by Crippen LogP contribution is 2.34. The van der Waals surface area contributed by atoms with Gasteiger partial charge in [0.1, 0.15) is 0 Å². The van der Waals surface area contributed by atoms with Crippen molar-refractivity contribution in [3.05, 3.63) is 66.2 Å². The van der Waals surface area contributed by atoms with Crippen LogP contribution in [0.5, 0.6) is 11.5 Å². The van der Waals surface area contributed by atoms with Crippen molar-refractivity contribution < 1.29 is 14.3 Å². The van der Waals surface area contributed by atoms with Crippen LogP contribution in [0.1, 0.15) is 18.5 Å². The molecule has 3 aromatic rings. The summed E-state index contributed by atoms with van der Waals surface area (Å²) in [4.78, 5) is 13.4. The average Bonchev–Trinajstić information content (AvgIpc) is 3.14. The molecule has 1 amide bonds. The Labute approximate surface area is 156 Å². The first-order chi connectivity index (χ1) is 12.7. The molecule has 0 fully saturated rings. The van der Waals surface area contributed by atoms with E-state index in [1.807, 2.05) is 37.3 Å². The van der Waals surface area contributed by atoms with Crippen molar-refractivity contribution in [2.45, 2.75) is 17.9 Å². The number of amides is 1. The van der Waals surface area contributed by atoms with E-state index in [0.29, 0.717) is 5.75 Å². The maximum atomic E-state index is 12.3. The molecule has 0 bridgehead atoms. The zero-order valence-corrected chi connectivity index (χ0v) is 15.2. The summed E-state index contributed by atoms with van der Waals surface area (Å²) < 4.78 is 10.7. The highest BCUT2D eigenvalue weighted by Gasteiger charge is 2.16. The van der Waals surface area contributed by atoms with Crippen LogP contribution < -0.4 is 14.8 Å². The van der Waals surface area contributed by atoms with Crippen LogP contribution in [0.25, 0.3) is 10.8 Å². The number of hydrogen-bond donors (Lipinski definition) is 1. The summed E-state index contributed by atoms with van der Waals surface area (Å²) >= 11 is 1.54. The number of carbonyl (C=O) groups is 1. The predicted octanol–water partition coefficient (Wildman–Crippen LogP) is 4.54. The SMILES string of the molecule is C[C@@H](NC(=O)CSc1ccc2ccccc2c1)c1ccc2c(c1)OCO2. The number of hydrogen-bond acceptors (Lipinski definition) is 4. The summed E-state index contributed by atoms with van der Waals surface area (Å²) in [7, 11) is 0. The molecule has 132 valence electrons. The first kappa shape index (κ1) is 16.8. The van der Waals surface area contributed by atoms with Crippen LogP contribution in [-0.4, -0.2) is 18.5 Å². The van der Waals surface area contributed by atoms with Gasteiger partial charge in [0.25, 0.3) is 0 Å². The summed E-state index contributed by atoms with van der Waals surface area (Å²) in [6, 6.07) is 20.2. The van der Waals surface area contributed by atoms with E-state index in [0.717, 1.165) is 22.0 Å². The Morgan fingerprint density at radius 2 is 1.85 bits per heavy atom. The Balaban J connectivity index is 1.35. The molecule has 4 rings (SSSR count). The smallest absolute Gasteiger partial charge is 0.231 e. The van der Waals surface area contributed by atoms with E-state index in [2.05, 4.69) is 35.6 Å². The topological polar surface area (TPSA) is 47.6 Å². The van der Waals surface area contributed by atoms with E-state index in [1.165, 1.54) is 10.8 Å². The number of ether oxygens (including phenoxy) is 2. The third-order valence-electron chi connectivity index (χ3n) is 4.36. The Kier molecular flexibility index (Phi) is 4.71. The molecular weight excluding hydrogens is 346 g/mol. The number of fused-ring (bicyclic) bond motifs is 2. The lowest BCUT2D eigenvalue weighted by atomic mass is 10.1. The minimum absolute atomic E-state index is 0.00771. The Hall–Kier alpha value is -2.66. The molecule has 0 aromatic heterocycles. The molecule has 1 aliphatic rings. The lowest BCUT2D eigenvalue weighted by molar-refractivity contribution is -0.119. The fourth-order valence-corrected chi connectivity index (χ4v) is 3.71. The van der Waals surface area contributed by atoms with E-state index in [4.69, 9.17) is 9.47 Å². The van der Waals surface area contributed by atoms with Gasteiger partial charge >= 0.3 is 0 Å². The van der Waals surface area contributed by atoms with Gasteiger partial charge in [0.2, 0.25) is 12.7 Å². The molecule has 1 heterocycles. The molecule has 0 saturated heterocycles. The van der Waals surface area contributed by atoms with Crippen LogP contribution in [0.15, 0.2) is 65.6 Å². The summed E-state index contributed by atoms with van der Waals surface area (Å²) in [6.45, 7) is 2.22. The van der Waals surface area contributed by atoms with E-state index in [1.54, 1.807) is 11.8 Å². The van der Waals surface area contributed by atoms with Crippen molar-refractivity contribution in [2.24, 2.45) is 0 Å². The highest BCUT2D eigenvalue weighted by molar-refractivity contribution is 8.00. The summed E-state index contributed by atoms with van der Waals surface area (Å²) in [5.41, 5.74) is 0.998. The van der Waals surface area contributed by atoms with Crippen LogP contribution in [0.2, 0.25) is 0 Å². The fraction of sp³-hybridized carbons (Fsp3) is 0.190. The molecule has 1 atom stereocenters. The zero-order valence-electron chi connectivity index (χ0n) is 14.4. The van der Waals surface area contributed by atoms with Gasteiger partial charge in [-0.15, -0.1) is 11.8 Å². The van der Waals surface area contributed by atoms with Crippen LogP contribution >= 0.6 is 11.8 Å². The Bertz CT molecular complexity index is 957. The third-order valence-corrected chi connectivity index (χ3v) is 5.36. The van der Waals surface area contributed by atoms with Gasteiger partial charge in [0.05, 0.1) is 11.8 Å². The van der Waals surface area contributed by atoms with Gasteiger partial charge in [-0.25, -0.2) is 0 Å². The Morgan fingerprint density at radius 1 is 1.04 bits per heavy atom. The second-order valence-electron chi connectivity index (χ2n) is 6.20. The molecule has 0 saturated carbocycles. The van der Waals surface area contributed by atoms with Crippen molar-refractivity contribution in [1.29, 1.82) is 0 Å². The molecule has 1 N–H and O–H groups in total. The molecular formula is C21H19NO3S. The molecule has 0 radical (unpaired) electrons. The molecule has 5 heteroatoms. The minimum Gasteiger partial charge on any atom is -0.454 e. The van der Waals surface area contributed by atoms with Gasteiger partial charge in [0, 0.05) is 4.90 Å². The van der Waals surface area contributed by atoms with Crippen molar-refractivity contribution in [3.63, 3.8) is 0 Å². The van der Waals surface area contributed by atoms with Crippen LogP contribution in [-0.2, 0) is 4.79 Å². The van der Waals surface area contributed by atoms with Gasteiger partial charge < -0.3 is 14.8 Å². The lowest BCUT2D eigenvalue weighted by Crippen LogP contribution is -2.28. The van der Waals surface area contributed by atoms with Crippen molar-refractivity contribution in [2.75, 3.05) is 12.5 Å². The maximum Gasteiger partial charge on any atom is 0.231 e. The summed E-state index contributed by atoms with van der Waals surface area (Å²) in [5, 5.41) is 5.43. The molecule has 3 aromatic carbocycles. The molecule has 0 unspecified atom stereocenters. The maximum absolute atomic E-state index is 12.3. The first-order valence-corrected chi connectivity index (χ1v) is 9.48. The quantitative estimate of drug-likeness (QED) is 0.675. The molecule has 0 spiro atoms. The zero-order chi connectivity index (χ0) is 17.9. The minimum atomic E-state index is -0.0887. The van der Waals surface area contributed by atoms with E-state index >= 15 is 0 Å². The van der Waals surface area contributed by atoms with Crippen LogP contribution in [0, 0.1) is 0 Å². The average molecular weight is 365 g/mol.